The van der Waals surface area contributed by atoms with Gasteiger partial charge >= 0.3 is 6.18 Å². The van der Waals surface area contributed by atoms with E-state index >= 15 is 0 Å². The fourth-order valence-corrected chi connectivity index (χ4v) is 1.59. The van der Waals surface area contributed by atoms with Crippen LogP contribution in [0.5, 0.6) is 0 Å². The highest BCUT2D eigenvalue weighted by Crippen LogP contribution is 2.29. The number of methoxy groups -OCH3 is 1. The lowest BCUT2D eigenvalue weighted by Crippen LogP contribution is -2.25. The second kappa shape index (κ2) is 6.47. The van der Waals surface area contributed by atoms with Gasteiger partial charge < -0.3 is 9.53 Å². The first kappa shape index (κ1) is 15.4. The van der Waals surface area contributed by atoms with Crippen molar-refractivity contribution < 1.29 is 27.5 Å². The van der Waals surface area contributed by atoms with E-state index in [1.54, 1.807) is 0 Å². The number of carbonyl (C=O) groups excluding carboxylic acids is 2. The summed E-state index contributed by atoms with van der Waals surface area (Å²) in [5.41, 5.74) is -0.205. The first-order valence-corrected chi connectivity index (χ1v) is 5.53. The van der Waals surface area contributed by atoms with E-state index in [1.807, 2.05) is 0 Å². The minimum atomic E-state index is -4.38. The quantitative estimate of drug-likeness (QED) is 0.591. The second-order valence-corrected chi connectivity index (χ2v) is 3.96. The molecule has 0 spiro atoms. The van der Waals surface area contributed by atoms with Crippen molar-refractivity contribution in [3.63, 3.8) is 0 Å². The lowest BCUT2D eigenvalue weighted by molar-refractivity contribution is -0.137. The first-order valence-electron chi connectivity index (χ1n) is 5.53. The van der Waals surface area contributed by atoms with Gasteiger partial charge in [0.1, 0.15) is 12.4 Å². The molecule has 0 saturated carbocycles. The number of carbonyl (C=O) groups is 2. The second-order valence-electron chi connectivity index (χ2n) is 3.96. The molecule has 0 radical (unpaired) electrons. The molecule has 0 amide bonds. The molecule has 19 heavy (non-hydrogen) atoms. The van der Waals surface area contributed by atoms with Crippen LogP contribution in [0.25, 0.3) is 0 Å². The van der Waals surface area contributed by atoms with Crippen LogP contribution in [-0.4, -0.2) is 25.3 Å². The van der Waals surface area contributed by atoms with E-state index in [0.29, 0.717) is 11.8 Å². The normalized spacial score (nSPS) is 13.1. The zero-order valence-electron chi connectivity index (χ0n) is 10.2. The summed E-state index contributed by atoms with van der Waals surface area (Å²) in [7, 11) is 1.32. The highest BCUT2D eigenvalue weighted by molar-refractivity contribution is 5.93. The van der Waals surface area contributed by atoms with Gasteiger partial charge in [0.05, 0.1) is 12.0 Å². The standard InChI is InChI=1S/C13H13F3O3/c1-19-12(11(18)6-7-17)8-9-2-4-10(5-3-9)13(14,15)16/h2-5,7,12H,6,8H2,1H3. The average Bonchev–Trinajstić information content (AvgIpc) is 2.35. The van der Waals surface area contributed by atoms with Gasteiger partial charge in [0, 0.05) is 13.5 Å². The van der Waals surface area contributed by atoms with Crippen LogP contribution >= 0.6 is 0 Å². The molecule has 1 aromatic rings. The number of alkyl halides is 3. The predicted octanol–water partition coefficient (Wildman–Crippen LogP) is 2.42. The summed E-state index contributed by atoms with van der Waals surface area (Å²) in [4.78, 5) is 21.7. The number of benzene rings is 1. The maximum Gasteiger partial charge on any atom is 0.416 e. The maximum absolute atomic E-state index is 12.4. The molecule has 0 bridgehead atoms. The van der Waals surface area contributed by atoms with Crippen molar-refractivity contribution in [3.8, 4) is 0 Å². The zero-order valence-corrected chi connectivity index (χ0v) is 10.2. The van der Waals surface area contributed by atoms with Crippen molar-refractivity contribution in [1.82, 2.24) is 0 Å². The Morgan fingerprint density at radius 1 is 1.32 bits per heavy atom. The van der Waals surface area contributed by atoms with Gasteiger partial charge in [-0.25, -0.2) is 0 Å². The van der Waals surface area contributed by atoms with E-state index in [0.717, 1.165) is 12.1 Å². The lowest BCUT2D eigenvalue weighted by Gasteiger charge is -2.13. The number of aldehydes is 1. The van der Waals surface area contributed by atoms with E-state index < -0.39 is 23.6 Å². The highest BCUT2D eigenvalue weighted by Gasteiger charge is 2.30. The Labute approximate surface area is 108 Å². The molecule has 1 rings (SSSR count). The van der Waals surface area contributed by atoms with Crippen LogP contribution in [0.2, 0.25) is 0 Å². The van der Waals surface area contributed by atoms with Crippen LogP contribution in [0.3, 0.4) is 0 Å². The molecule has 0 fully saturated rings. The Kier molecular flexibility index (Phi) is 5.23. The van der Waals surface area contributed by atoms with Gasteiger partial charge in [0.25, 0.3) is 0 Å². The van der Waals surface area contributed by atoms with Gasteiger partial charge in [-0.2, -0.15) is 13.2 Å². The van der Waals surface area contributed by atoms with Crippen molar-refractivity contribution in [2.45, 2.75) is 25.1 Å². The van der Waals surface area contributed by atoms with Crippen molar-refractivity contribution >= 4 is 12.1 Å². The minimum absolute atomic E-state index is 0.140. The van der Waals surface area contributed by atoms with Crippen molar-refractivity contribution in [1.29, 1.82) is 0 Å². The summed E-state index contributed by atoms with van der Waals surface area (Å²) in [6, 6.07) is 4.49. The molecule has 0 aliphatic heterocycles. The van der Waals surface area contributed by atoms with Gasteiger partial charge in [0.2, 0.25) is 0 Å². The fourth-order valence-electron chi connectivity index (χ4n) is 1.59. The molecule has 0 heterocycles. The summed E-state index contributed by atoms with van der Waals surface area (Å²) < 4.78 is 42.0. The summed E-state index contributed by atoms with van der Waals surface area (Å²) >= 11 is 0. The van der Waals surface area contributed by atoms with Crippen LogP contribution in [0, 0.1) is 0 Å². The SMILES string of the molecule is COC(Cc1ccc(C(F)(F)F)cc1)C(=O)CC=O. The average molecular weight is 274 g/mol. The molecular formula is C13H13F3O3. The molecule has 1 unspecified atom stereocenters. The van der Waals surface area contributed by atoms with E-state index in [-0.39, 0.29) is 12.8 Å². The largest absolute Gasteiger partial charge is 0.416 e. The zero-order chi connectivity index (χ0) is 14.5. The van der Waals surface area contributed by atoms with Gasteiger partial charge in [-0.1, -0.05) is 12.1 Å². The van der Waals surface area contributed by atoms with Crippen molar-refractivity contribution in [3.05, 3.63) is 35.4 Å². The molecule has 3 nitrogen and oxygen atoms in total. The number of Topliss-reactive ketones (excluding diaryl/α,β-unsaturated/α-hetero) is 1. The first-order chi connectivity index (χ1) is 8.88. The number of ether oxygens (including phenoxy) is 1. The molecular weight excluding hydrogens is 261 g/mol. The van der Waals surface area contributed by atoms with Crippen LogP contribution in [0.15, 0.2) is 24.3 Å². The van der Waals surface area contributed by atoms with E-state index in [4.69, 9.17) is 4.74 Å². The molecule has 0 N–H and O–H groups in total. The molecule has 0 aromatic heterocycles. The Hall–Kier alpha value is -1.69. The molecule has 1 atom stereocenters. The maximum atomic E-state index is 12.4. The van der Waals surface area contributed by atoms with Gasteiger partial charge in [-0.05, 0) is 17.7 Å². The van der Waals surface area contributed by atoms with Gasteiger partial charge in [-0.15, -0.1) is 0 Å². The Balaban J connectivity index is 2.76. The molecule has 0 saturated heterocycles. The van der Waals surface area contributed by atoms with Crippen LogP contribution in [0.4, 0.5) is 13.2 Å². The lowest BCUT2D eigenvalue weighted by atomic mass is 10.0. The Morgan fingerprint density at radius 2 is 1.89 bits per heavy atom. The number of halogens is 3. The number of hydrogen-bond donors (Lipinski definition) is 0. The summed E-state index contributed by atoms with van der Waals surface area (Å²) in [6.07, 6.45) is -4.85. The third-order valence-electron chi connectivity index (χ3n) is 2.63. The van der Waals surface area contributed by atoms with E-state index in [2.05, 4.69) is 0 Å². The molecule has 1 aromatic carbocycles. The smallest absolute Gasteiger partial charge is 0.373 e. The third-order valence-corrected chi connectivity index (χ3v) is 2.63. The minimum Gasteiger partial charge on any atom is -0.373 e. The molecule has 104 valence electrons. The monoisotopic (exact) mass is 274 g/mol. The van der Waals surface area contributed by atoms with E-state index in [9.17, 15) is 22.8 Å². The van der Waals surface area contributed by atoms with Crippen LogP contribution in [-0.2, 0) is 26.9 Å². The van der Waals surface area contributed by atoms with Crippen LogP contribution in [0.1, 0.15) is 17.5 Å². The van der Waals surface area contributed by atoms with Crippen molar-refractivity contribution in [2.75, 3.05) is 7.11 Å². The number of ketones is 1. The fraction of sp³-hybridized carbons (Fsp3) is 0.385. The summed E-state index contributed by atoms with van der Waals surface area (Å²) in [6.45, 7) is 0. The van der Waals surface area contributed by atoms with Gasteiger partial charge in [-0.3, -0.25) is 4.79 Å². The highest BCUT2D eigenvalue weighted by atomic mass is 19.4. The Bertz CT molecular complexity index is 437. The molecule has 6 heteroatoms. The number of hydrogen-bond acceptors (Lipinski definition) is 3. The predicted molar refractivity (Wildman–Crippen MR) is 61.6 cm³/mol. The Morgan fingerprint density at radius 3 is 2.32 bits per heavy atom. The summed E-state index contributed by atoms with van der Waals surface area (Å²) in [5.74, 6) is -0.391. The topological polar surface area (TPSA) is 43.4 Å². The third kappa shape index (κ3) is 4.48. The van der Waals surface area contributed by atoms with Crippen molar-refractivity contribution in [2.24, 2.45) is 0 Å². The van der Waals surface area contributed by atoms with E-state index in [1.165, 1.54) is 19.2 Å². The molecule has 0 aliphatic rings. The number of rotatable bonds is 6. The molecule has 0 aliphatic carbocycles. The van der Waals surface area contributed by atoms with Gasteiger partial charge in [0.15, 0.2) is 5.78 Å². The van der Waals surface area contributed by atoms with Crippen LogP contribution < -0.4 is 0 Å². The summed E-state index contributed by atoms with van der Waals surface area (Å²) in [5, 5.41) is 0.